The smallest absolute Gasteiger partial charge is 0.407 e. The van der Waals surface area contributed by atoms with Gasteiger partial charge in [-0.1, -0.05) is 62.4 Å². The molecule has 2 aromatic carbocycles. The van der Waals surface area contributed by atoms with Crippen LogP contribution in [0.1, 0.15) is 50.2 Å². The van der Waals surface area contributed by atoms with Gasteiger partial charge in [-0.2, -0.15) is 0 Å². The summed E-state index contributed by atoms with van der Waals surface area (Å²) in [7, 11) is 0. The molecule has 0 radical (unpaired) electrons. The van der Waals surface area contributed by atoms with Gasteiger partial charge < -0.3 is 20.5 Å². The third-order valence-electron chi connectivity index (χ3n) is 5.75. The number of nitrogens with one attached hydrogen (secondary N) is 2. The highest BCUT2D eigenvalue weighted by Crippen LogP contribution is 2.44. The van der Waals surface area contributed by atoms with Gasteiger partial charge in [-0.15, -0.1) is 0 Å². The first-order valence-electron chi connectivity index (χ1n) is 11.0. The van der Waals surface area contributed by atoms with Crippen molar-refractivity contribution in [3.63, 3.8) is 0 Å². The number of carboxylic acids is 1. The summed E-state index contributed by atoms with van der Waals surface area (Å²) in [6.45, 7) is 4.21. The summed E-state index contributed by atoms with van der Waals surface area (Å²) >= 11 is 0. The van der Waals surface area contributed by atoms with Crippen molar-refractivity contribution in [1.82, 2.24) is 10.6 Å². The Morgan fingerprint density at radius 3 is 2.16 bits per heavy atom. The highest BCUT2D eigenvalue weighted by molar-refractivity contribution is 5.79. The molecule has 2 amide bonds. The van der Waals surface area contributed by atoms with E-state index in [1.165, 1.54) is 11.1 Å². The third-order valence-corrected chi connectivity index (χ3v) is 5.75. The number of ether oxygens (including phenoxy) is 1. The highest BCUT2D eigenvalue weighted by Gasteiger charge is 2.29. The van der Waals surface area contributed by atoms with Gasteiger partial charge in [0.1, 0.15) is 6.61 Å². The lowest BCUT2D eigenvalue weighted by molar-refractivity contribution is -0.137. The van der Waals surface area contributed by atoms with E-state index >= 15 is 0 Å². The molecule has 0 heterocycles. The van der Waals surface area contributed by atoms with Crippen molar-refractivity contribution in [2.45, 2.75) is 45.1 Å². The molecule has 3 N–H and O–H groups in total. The molecule has 1 aliphatic rings. The van der Waals surface area contributed by atoms with Crippen molar-refractivity contribution in [3.05, 3.63) is 59.7 Å². The maximum atomic E-state index is 12.3. The molecule has 0 aromatic heterocycles. The van der Waals surface area contributed by atoms with Crippen LogP contribution in [0, 0.1) is 5.92 Å². The molecule has 7 nitrogen and oxygen atoms in total. The van der Waals surface area contributed by atoms with Crippen LogP contribution in [0.3, 0.4) is 0 Å². The lowest BCUT2D eigenvalue weighted by Crippen LogP contribution is -2.38. The molecule has 0 saturated heterocycles. The maximum absolute atomic E-state index is 12.3. The number of aliphatic carboxylic acids is 1. The van der Waals surface area contributed by atoms with Crippen LogP contribution < -0.4 is 10.6 Å². The average molecular weight is 439 g/mol. The first-order valence-corrected chi connectivity index (χ1v) is 11.0. The number of carboxylic acid groups (broad SMARTS) is 1. The summed E-state index contributed by atoms with van der Waals surface area (Å²) in [5.74, 6) is -1.28. The number of rotatable bonds is 10. The van der Waals surface area contributed by atoms with Crippen LogP contribution in [0.15, 0.2) is 48.5 Å². The van der Waals surface area contributed by atoms with Crippen molar-refractivity contribution in [1.29, 1.82) is 0 Å². The van der Waals surface area contributed by atoms with Crippen molar-refractivity contribution < 1.29 is 24.2 Å². The number of carbonyl (C=O) groups is 3. The highest BCUT2D eigenvalue weighted by atomic mass is 16.5. The van der Waals surface area contributed by atoms with Crippen LogP contribution in [0.25, 0.3) is 11.1 Å². The van der Waals surface area contributed by atoms with E-state index in [-0.39, 0.29) is 43.2 Å². The van der Waals surface area contributed by atoms with Crippen molar-refractivity contribution in [2.75, 3.05) is 13.2 Å². The van der Waals surface area contributed by atoms with E-state index in [1.807, 2.05) is 38.1 Å². The number of carbonyl (C=O) groups excluding carboxylic acids is 2. The summed E-state index contributed by atoms with van der Waals surface area (Å²) in [4.78, 5) is 35.2. The Morgan fingerprint density at radius 1 is 1.00 bits per heavy atom. The minimum absolute atomic E-state index is 0.00318. The van der Waals surface area contributed by atoms with Crippen LogP contribution in [0.4, 0.5) is 4.79 Å². The second kappa shape index (κ2) is 10.8. The monoisotopic (exact) mass is 438 g/mol. The molecule has 1 unspecified atom stereocenters. The van der Waals surface area contributed by atoms with E-state index in [1.54, 1.807) is 0 Å². The Bertz CT molecular complexity index is 929. The van der Waals surface area contributed by atoms with E-state index < -0.39 is 12.1 Å². The summed E-state index contributed by atoms with van der Waals surface area (Å²) in [6.07, 6.45) is 0.121. The largest absolute Gasteiger partial charge is 0.481 e. The minimum Gasteiger partial charge on any atom is -0.481 e. The van der Waals surface area contributed by atoms with Crippen LogP contribution >= 0.6 is 0 Å². The fourth-order valence-corrected chi connectivity index (χ4v) is 4.09. The number of amides is 2. The van der Waals surface area contributed by atoms with E-state index in [4.69, 9.17) is 9.84 Å². The zero-order valence-corrected chi connectivity index (χ0v) is 18.5. The SMILES string of the molecule is CC[C@@H](CC(=O)O)NC(=O)CC(C)CNC(=O)OCC1c2ccccc2-c2ccccc21. The molecule has 0 aliphatic heterocycles. The lowest BCUT2D eigenvalue weighted by atomic mass is 9.98. The molecule has 2 aromatic rings. The summed E-state index contributed by atoms with van der Waals surface area (Å²) in [5, 5.41) is 14.3. The van der Waals surface area contributed by atoms with Crippen molar-refractivity contribution >= 4 is 18.0 Å². The molecule has 0 spiro atoms. The van der Waals surface area contributed by atoms with Gasteiger partial charge in [-0.25, -0.2) is 4.79 Å². The molecule has 1 aliphatic carbocycles. The third kappa shape index (κ3) is 5.87. The summed E-state index contributed by atoms with van der Waals surface area (Å²) in [6, 6.07) is 15.9. The van der Waals surface area contributed by atoms with Gasteiger partial charge in [-0.05, 0) is 34.6 Å². The standard InChI is InChI=1S/C25H30N2O5/c1-3-17(13-24(29)30)27-23(28)12-16(2)14-26-25(31)32-15-22-20-10-6-4-8-18(20)19-9-5-7-11-21(19)22/h4-11,16-17,22H,3,12-15H2,1-2H3,(H,26,31)(H,27,28)(H,29,30)/t16?,17-/m0/s1. The molecule has 0 fully saturated rings. The predicted molar refractivity (Wildman–Crippen MR) is 121 cm³/mol. The summed E-state index contributed by atoms with van der Waals surface area (Å²) < 4.78 is 5.50. The lowest BCUT2D eigenvalue weighted by Gasteiger charge is -2.18. The topological polar surface area (TPSA) is 105 Å². The molecule has 0 saturated carbocycles. The van der Waals surface area contributed by atoms with Gasteiger partial charge in [0.25, 0.3) is 0 Å². The van der Waals surface area contributed by atoms with E-state index in [0.29, 0.717) is 13.0 Å². The number of alkyl carbamates (subject to hydrolysis) is 1. The Morgan fingerprint density at radius 2 is 1.59 bits per heavy atom. The summed E-state index contributed by atoms with van der Waals surface area (Å²) in [5.41, 5.74) is 4.65. The molecule has 32 heavy (non-hydrogen) atoms. The van der Waals surface area contributed by atoms with Gasteiger partial charge in [0.15, 0.2) is 0 Å². The molecule has 170 valence electrons. The van der Waals surface area contributed by atoms with Gasteiger partial charge in [0, 0.05) is 24.9 Å². The Hall–Kier alpha value is -3.35. The van der Waals surface area contributed by atoms with Gasteiger partial charge in [0.05, 0.1) is 6.42 Å². The molecule has 2 atom stereocenters. The number of hydrogen-bond acceptors (Lipinski definition) is 4. The number of benzene rings is 2. The number of hydrogen-bond donors (Lipinski definition) is 3. The maximum Gasteiger partial charge on any atom is 0.407 e. The normalized spacial score (nSPS) is 14.1. The molecular weight excluding hydrogens is 408 g/mol. The van der Waals surface area contributed by atoms with Crippen LogP contribution in [0.5, 0.6) is 0 Å². The number of fused-ring (bicyclic) bond motifs is 3. The second-order valence-electron chi connectivity index (χ2n) is 8.29. The van der Waals surface area contributed by atoms with Crippen LogP contribution in [-0.4, -0.2) is 42.3 Å². The van der Waals surface area contributed by atoms with Crippen LogP contribution in [0.2, 0.25) is 0 Å². The van der Waals surface area contributed by atoms with Crippen molar-refractivity contribution in [2.24, 2.45) is 5.92 Å². The zero-order chi connectivity index (χ0) is 23.1. The zero-order valence-electron chi connectivity index (χ0n) is 18.5. The van der Waals surface area contributed by atoms with Crippen molar-refractivity contribution in [3.8, 4) is 11.1 Å². The van der Waals surface area contributed by atoms with Gasteiger partial charge >= 0.3 is 12.1 Å². The molecule has 7 heteroatoms. The van der Waals surface area contributed by atoms with Gasteiger partial charge in [-0.3, -0.25) is 9.59 Å². The Labute approximate surface area is 188 Å². The molecule has 0 bridgehead atoms. The van der Waals surface area contributed by atoms with Crippen LogP contribution in [-0.2, 0) is 14.3 Å². The average Bonchev–Trinajstić information content (AvgIpc) is 3.09. The molecular formula is C25H30N2O5. The van der Waals surface area contributed by atoms with E-state index in [0.717, 1.165) is 11.1 Å². The van der Waals surface area contributed by atoms with E-state index in [2.05, 4.69) is 34.9 Å². The first kappa shape index (κ1) is 23.3. The molecule has 3 rings (SSSR count). The Balaban J connectivity index is 1.46. The minimum atomic E-state index is -0.942. The van der Waals surface area contributed by atoms with Gasteiger partial charge in [0.2, 0.25) is 5.91 Å². The fraction of sp³-hybridized carbons (Fsp3) is 0.400. The predicted octanol–water partition coefficient (Wildman–Crippen LogP) is 3.92. The first-order chi connectivity index (χ1) is 15.4. The van der Waals surface area contributed by atoms with E-state index in [9.17, 15) is 14.4 Å². The second-order valence-corrected chi connectivity index (χ2v) is 8.29. The quantitative estimate of drug-likeness (QED) is 0.521. The fourth-order valence-electron chi connectivity index (χ4n) is 4.09. The Kier molecular flexibility index (Phi) is 7.87.